The molecule has 11 heteroatoms. The number of carbonyl (C=O) groups is 4. The molecule has 0 spiro atoms. The van der Waals surface area contributed by atoms with E-state index in [4.69, 9.17) is 10.8 Å². The molecular formula is C22H32N4O6S. The number of hydrogen-bond acceptors (Lipinski definition) is 7. The van der Waals surface area contributed by atoms with Gasteiger partial charge in [-0.1, -0.05) is 12.1 Å². The normalized spacial score (nSPS) is 18.3. The van der Waals surface area contributed by atoms with Gasteiger partial charge < -0.3 is 31.5 Å². The van der Waals surface area contributed by atoms with Gasteiger partial charge in [-0.15, -0.1) is 0 Å². The summed E-state index contributed by atoms with van der Waals surface area (Å²) in [6.45, 7) is 1.74. The highest BCUT2D eigenvalue weighted by Gasteiger charge is 2.37. The first-order chi connectivity index (χ1) is 15.6. The molecule has 0 saturated carbocycles. The van der Waals surface area contributed by atoms with E-state index in [1.54, 1.807) is 23.9 Å². The number of likely N-dealkylation sites (tertiary alicyclic amines) is 1. The number of rotatable bonds is 11. The van der Waals surface area contributed by atoms with E-state index < -0.39 is 42.0 Å². The van der Waals surface area contributed by atoms with E-state index >= 15 is 0 Å². The average Bonchev–Trinajstić information content (AvgIpc) is 3.27. The highest BCUT2D eigenvalue weighted by molar-refractivity contribution is 7.98. The molecule has 1 heterocycles. The number of nitrogens with one attached hydrogen (secondary N) is 2. The van der Waals surface area contributed by atoms with Crippen LogP contribution >= 0.6 is 11.8 Å². The summed E-state index contributed by atoms with van der Waals surface area (Å²) < 4.78 is 0. The summed E-state index contributed by atoms with van der Waals surface area (Å²) in [5, 5.41) is 23.7. The van der Waals surface area contributed by atoms with Crippen molar-refractivity contribution in [3.05, 3.63) is 29.8 Å². The van der Waals surface area contributed by atoms with Gasteiger partial charge in [-0.3, -0.25) is 19.2 Å². The standard InChI is InChI=1S/C22H32N4O6S/c1-13(22(31)32)24-19(28)17(12-14-5-7-15(27)8-6-14)25-20(29)18-4-3-10-26(18)21(30)16(23)9-11-33-2/h5-8,13,16-18,27H,3-4,9-12,23H2,1-2H3,(H,24,28)(H,25,29)(H,31,32). The lowest BCUT2D eigenvalue weighted by Gasteiger charge is -2.28. The first-order valence-electron chi connectivity index (χ1n) is 10.8. The molecule has 0 radical (unpaired) electrons. The minimum absolute atomic E-state index is 0.0567. The molecule has 3 amide bonds. The van der Waals surface area contributed by atoms with Gasteiger partial charge in [-0.05, 0) is 55.9 Å². The van der Waals surface area contributed by atoms with Crippen molar-refractivity contribution in [2.45, 2.75) is 56.8 Å². The van der Waals surface area contributed by atoms with Crippen LogP contribution in [-0.2, 0) is 25.6 Å². The average molecular weight is 481 g/mol. The van der Waals surface area contributed by atoms with Crippen LogP contribution in [0.2, 0.25) is 0 Å². The lowest BCUT2D eigenvalue weighted by Crippen LogP contribution is -2.57. The van der Waals surface area contributed by atoms with E-state index in [0.717, 1.165) is 5.75 Å². The topological polar surface area (TPSA) is 162 Å². The number of phenols is 1. The van der Waals surface area contributed by atoms with Crippen molar-refractivity contribution in [2.75, 3.05) is 18.6 Å². The Hall–Kier alpha value is -2.79. The van der Waals surface area contributed by atoms with E-state index in [1.807, 2.05) is 6.26 Å². The lowest BCUT2D eigenvalue weighted by molar-refractivity contribution is -0.142. The number of nitrogens with zero attached hydrogens (tertiary/aromatic N) is 1. The van der Waals surface area contributed by atoms with Crippen molar-refractivity contribution in [1.29, 1.82) is 0 Å². The third-order valence-corrected chi connectivity index (χ3v) is 6.17. The number of nitrogens with two attached hydrogens (primary N) is 1. The number of hydrogen-bond donors (Lipinski definition) is 5. The summed E-state index contributed by atoms with van der Waals surface area (Å²) in [6.07, 6.45) is 3.60. The van der Waals surface area contributed by atoms with Crippen LogP contribution in [0.4, 0.5) is 0 Å². The highest BCUT2D eigenvalue weighted by atomic mass is 32.2. The number of benzene rings is 1. The fourth-order valence-corrected chi connectivity index (χ4v) is 4.09. The molecule has 1 fully saturated rings. The second-order valence-corrected chi connectivity index (χ2v) is 9.06. The largest absolute Gasteiger partial charge is 0.508 e. The Balaban J connectivity index is 2.14. The van der Waals surface area contributed by atoms with Crippen LogP contribution in [0, 0.1) is 0 Å². The zero-order valence-corrected chi connectivity index (χ0v) is 19.6. The number of thioether (sulfide) groups is 1. The SMILES string of the molecule is CSCCC(N)C(=O)N1CCCC1C(=O)NC(Cc1ccc(O)cc1)C(=O)NC(C)C(=O)O. The maximum atomic E-state index is 13.1. The molecule has 1 aliphatic rings. The Kier molecular flexibility index (Phi) is 9.98. The molecule has 0 aliphatic carbocycles. The predicted octanol–water partition coefficient (Wildman–Crippen LogP) is 0.0802. The van der Waals surface area contributed by atoms with E-state index in [1.165, 1.54) is 24.0 Å². The molecule has 4 unspecified atom stereocenters. The molecule has 1 aliphatic heterocycles. The molecule has 1 aromatic carbocycles. The van der Waals surface area contributed by atoms with Crippen molar-refractivity contribution in [1.82, 2.24) is 15.5 Å². The molecule has 0 bridgehead atoms. The molecule has 1 saturated heterocycles. The van der Waals surface area contributed by atoms with Crippen LogP contribution in [0.15, 0.2) is 24.3 Å². The summed E-state index contributed by atoms with van der Waals surface area (Å²) >= 11 is 1.59. The molecule has 2 rings (SSSR count). The van der Waals surface area contributed by atoms with Crippen LogP contribution in [-0.4, -0.2) is 81.5 Å². The Morgan fingerprint density at radius 1 is 1.21 bits per heavy atom. The second-order valence-electron chi connectivity index (χ2n) is 8.08. The summed E-state index contributed by atoms with van der Waals surface area (Å²) in [4.78, 5) is 51.3. The molecule has 10 nitrogen and oxygen atoms in total. The number of phenolic OH excluding ortho intramolecular Hbond substituents is 1. The van der Waals surface area contributed by atoms with Crippen molar-refractivity contribution in [3.63, 3.8) is 0 Å². The first-order valence-corrected chi connectivity index (χ1v) is 12.2. The maximum absolute atomic E-state index is 13.1. The number of carboxylic acid groups (broad SMARTS) is 1. The minimum atomic E-state index is -1.20. The van der Waals surface area contributed by atoms with Crippen LogP contribution < -0.4 is 16.4 Å². The molecule has 33 heavy (non-hydrogen) atoms. The van der Waals surface area contributed by atoms with Gasteiger partial charge in [-0.25, -0.2) is 0 Å². The molecule has 6 N–H and O–H groups in total. The number of aliphatic carboxylic acids is 1. The van der Waals surface area contributed by atoms with Crippen molar-refractivity contribution in [3.8, 4) is 5.75 Å². The molecule has 1 aromatic rings. The van der Waals surface area contributed by atoms with Gasteiger partial charge in [0.2, 0.25) is 17.7 Å². The zero-order chi connectivity index (χ0) is 24.5. The van der Waals surface area contributed by atoms with Gasteiger partial charge in [0.05, 0.1) is 6.04 Å². The van der Waals surface area contributed by atoms with Gasteiger partial charge >= 0.3 is 5.97 Å². The summed E-state index contributed by atoms with van der Waals surface area (Å²) in [7, 11) is 0. The first kappa shape index (κ1) is 26.5. The van der Waals surface area contributed by atoms with E-state index in [0.29, 0.717) is 31.4 Å². The highest BCUT2D eigenvalue weighted by Crippen LogP contribution is 2.20. The van der Waals surface area contributed by atoms with E-state index in [-0.39, 0.29) is 18.1 Å². The quantitative estimate of drug-likeness (QED) is 0.297. The minimum Gasteiger partial charge on any atom is -0.508 e. The van der Waals surface area contributed by atoms with Crippen LogP contribution in [0.5, 0.6) is 5.75 Å². The molecule has 4 atom stereocenters. The predicted molar refractivity (Wildman–Crippen MR) is 125 cm³/mol. The lowest BCUT2D eigenvalue weighted by atomic mass is 10.0. The monoisotopic (exact) mass is 480 g/mol. The molecule has 182 valence electrons. The van der Waals surface area contributed by atoms with Crippen LogP contribution in [0.25, 0.3) is 0 Å². The van der Waals surface area contributed by atoms with Gasteiger partial charge in [0.1, 0.15) is 23.9 Å². The van der Waals surface area contributed by atoms with Gasteiger partial charge in [0, 0.05) is 13.0 Å². The summed E-state index contributed by atoms with van der Waals surface area (Å²) in [6, 6.07) is 2.49. The Bertz CT molecular complexity index is 850. The Labute approximate surface area is 197 Å². The van der Waals surface area contributed by atoms with Crippen LogP contribution in [0.1, 0.15) is 31.7 Å². The van der Waals surface area contributed by atoms with Crippen LogP contribution in [0.3, 0.4) is 0 Å². The summed E-state index contributed by atoms with van der Waals surface area (Å²) in [5.41, 5.74) is 6.68. The van der Waals surface area contributed by atoms with Gasteiger partial charge in [-0.2, -0.15) is 11.8 Å². The third-order valence-electron chi connectivity index (χ3n) is 5.53. The zero-order valence-electron chi connectivity index (χ0n) is 18.8. The summed E-state index contributed by atoms with van der Waals surface area (Å²) in [5.74, 6) is -1.85. The van der Waals surface area contributed by atoms with Gasteiger partial charge in [0.15, 0.2) is 0 Å². The maximum Gasteiger partial charge on any atom is 0.325 e. The van der Waals surface area contributed by atoms with E-state index in [2.05, 4.69) is 10.6 Å². The number of aromatic hydroxyl groups is 1. The molecular weight excluding hydrogens is 448 g/mol. The fourth-order valence-electron chi connectivity index (χ4n) is 3.61. The number of carbonyl (C=O) groups excluding carboxylic acids is 3. The van der Waals surface area contributed by atoms with Gasteiger partial charge in [0.25, 0.3) is 0 Å². The smallest absolute Gasteiger partial charge is 0.325 e. The van der Waals surface area contributed by atoms with Crippen molar-refractivity contribution < 1.29 is 29.4 Å². The van der Waals surface area contributed by atoms with E-state index in [9.17, 15) is 24.3 Å². The Morgan fingerprint density at radius 2 is 1.88 bits per heavy atom. The number of carboxylic acids is 1. The number of amides is 3. The Morgan fingerprint density at radius 3 is 2.48 bits per heavy atom. The van der Waals surface area contributed by atoms with Crippen molar-refractivity contribution in [2.24, 2.45) is 5.73 Å². The third kappa shape index (κ3) is 7.64. The second kappa shape index (κ2) is 12.4. The molecule has 0 aromatic heterocycles. The van der Waals surface area contributed by atoms with Crippen molar-refractivity contribution >= 4 is 35.5 Å². The fraction of sp³-hybridized carbons (Fsp3) is 0.545.